The van der Waals surface area contributed by atoms with Crippen molar-refractivity contribution >= 4 is 11.5 Å². The zero-order valence-electron chi connectivity index (χ0n) is 12.2. The lowest BCUT2D eigenvalue weighted by atomic mass is 10.4. The van der Waals surface area contributed by atoms with E-state index in [0.717, 1.165) is 0 Å². The highest BCUT2D eigenvalue weighted by Crippen LogP contribution is 2.32. The van der Waals surface area contributed by atoms with Crippen LogP contribution in [-0.4, -0.2) is 28.6 Å². The summed E-state index contributed by atoms with van der Waals surface area (Å²) in [5, 5.41) is 14.2. The lowest BCUT2D eigenvalue weighted by molar-refractivity contribution is -0.385. The molecule has 0 radical (unpaired) electrons. The molecule has 0 unspecified atom stereocenters. The zero-order valence-corrected chi connectivity index (χ0v) is 12.2. The molecule has 0 spiro atoms. The summed E-state index contributed by atoms with van der Waals surface area (Å²) in [6.07, 6.45) is 1.52. The molecule has 118 valence electrons. The van der Waals surface area contributed by atoms with Crippen LogP contribution in [0.5, 0.6) is 5.88 Å². The van der Waals surface area contributed by atoms with Crippen LogP contribution in [0.4, 0.5) is 11.5 Å². The monoisotopic (exact) mass is 308 g/mol. The van der Waals surface area contributed by atoms with Gasteiger partial charge in [-0.1, -0.05) is 0 Å². The van der Waals surface area contributed by atoms with E-state index in [-0.39, 0.29) is 37.1 Å². The second-order valence-corrected chi connectivity index (χ2v) is 4.20. The van der Waals surface area contributed by atoms with Crippen molar-refractivity contribution in [2.75, 3.05) is 19.0 Å². The normalized spacial score (nSPS) is 10.5. The first-order chi connectivity index (χ1) is 10.7. The highest BCUT2D eigenvalue weighted by atomic mass is 16.6. The van der Waals surface area contributed by atoms with Crippen LogP contribution in [0, 0.1) is 10.1 Å². The van der Waals surface area contributed by atoms with Crippen molar-refractivity contribution < 1.29 is 18.8 Å². The fraction of sp³-hybridized carbons (Fsp3) is 0.385. The maximum Gasteiger partial charge on any atom is 0.372 e. The largest absolute Gasteiger partial charge is 0.473 e. The van der Waals surface area contributed by atoms with Gasteiger partial charge in [0.2, 0.25) is 5.82 Å². The topological polar surface area (TPSA) is 113 Å². The lowest BCUT2D eigenvalue weighted by Crippen LogP contribution is -2.11. The van der Waals surface area contributed by atoms with Gasteiger partial charge in [0.25, 0.3) is 5.88 Å². The van der Waals surface area contributed by atoms with E-state index in [1.54, 1.807) is 19.1 Å². The van der Waals surface area contributed by atoms with E-state index in [4.69, 9.17) is 13.9 Å². The van der Waals surface area contributed by atoms with Gasteiger partial charge in [-0.2, -0.15) is 4.98 Å². The van der Waals surface area contributed by atoms with Gasteiger partial charge >= 0.3 is 5.69 Å². The number of hydrogen-bond acceptors (Lipinski definition) is 8. The van der Waals surface area contributed by atoms with E-state index in [1.807, 2.05) is 0 Å². The van der Waals surface area contributed by atoms with Crippen molar-refractivity contribution in [3.8, 4) is 5.88 Å². The van der Waals surface area contributed by atoms with Gasteiger partial charge in [0.05, 0.1) is 24.3 Å². The van der Waals surface area contributed by atoms with Crippen LogP contribution >= 0.6 is 0 Å². The smallest absolute Gasteiger partial charge is 0.372 e. The fourth-order valence-corrected chi connectivity index (χ4v) is 1.78. The number of rotatable bonds is 8. The highest BCUT2D eigenvalue weighted by Gasteiger charge is 2.26. The van der Waals surface area contributed by atoms with Crippen LogP contribution in [0.2, 0.25) is 0 Å². The Bertz CT molecular complexity index is 630. The van der Waals surface area contributed by atoms with E-state index in [2.05, 4.69) is 15.3 Å². The van der Waals surface area contributed by atoms with Gasteiger partial charge in [0, 0.05) is 7.11 Å². The molecule has 0 aliphatic rings. The highest BCUT2D eigenvalue weighted by molar-refractivity contribution is 5.61. The standard InChI is InChI=1S/C13H16N4O5/c1-3-21-13-11(17(18)19)12(15-10(16-13)8-20-2)14-7-9-5-4-6-22-9/h4-6H,3,7-8H2,1-2H3,(H,14,15,16). The summed E-state index contributed by atoms with van der Waals surface area (Å²) in [5.74, 6) is 0.890. The summed E-state index contributed by atoms with van der Waals surface area (Å²) < 4.78 is 15.4. The SMILES string of the molecule is CCOc1nc(COC)nc(NCc2ccco2)c1[N+](=O)[O-]. The van der Waals surface area contributed by atoms with Crippen molar-refractivity contribution in [1.82, 2.24) is 9.97 Å². The first-order valence-electron chi connectivity index (χ1n) is 6.59. The van der Waals surface area contributed by atoms with Gasteiger partial charge in [-0.3, -0.25) is 10.1 Å². The molecule has 0 aliphatic heterocycles. The maximum atomic E-state index is 11.3. The number of aromatic nitrogens is 2. The molecule has 0 atom stereocenters. The van der Waals surface area contributed by atoms with Crippen molar-refractivity contribution in [3.05, 3.63) is 40.1 Å². The molecule has 2 aromatic heterocycles. The summed E-state index contributed by atoms with van der Waals surface area (Å²) in [6, 6.07) is 3.48. The lowest BCUT2D eigenvalue weighted by Gasteiger charge is -2.10. The minimum absolute atomic E-state index is 0.0619. The molecule has 0 aliphatic carbocycles. The molecule has 0 saturated heterocycles. The first-order valence-corrected chi connectivity index (χ1v) is 6.59. The number of nitrogens with one attached hydrogen (secondary N) is 1. The third kappa shape index (κ3) is 3.70. The van der Waals surface area contributed by atoms with Gasteiger partial charge in [-0.25, -0.2) is 4.98 Å². The summed E-state index contributed by atoms with van der Waals surface area (Å²) >= 11 is 0. The van der Waals surface area contributed by atoms with Gasteiger partial charge in [0.15, 0.2) is 5.82 Å². The van der Waals surface area contributed by atoms with Gasteiger partial charge in [-0.15, -0.1) is 0 Å². The van der Waals surface area contributed by atoms with Crippen LogP contribution < -0.4 is 10.1 Å². The number of ether oxygens (including phenoxy) is 2. The van der Waals surface area contributed by atoms with E-state index < -0.39 is 4.92 Å². The summed E-state index contributed by atoms with van der Waals surface area (Å²) in [5.41, 5.74) is -0.312. The molecular formula is C13H16N4O5. The Morgan fingerprint density at radius 1 is 1.45 bits per heavy atom. The number of nitro groups is 1. The molecule has 9 heteroatoms. The predicted octanol–water partition coefficient (Wildman–Crippen LogP) is 2.13. The molecule has 2 heterocycles. The third-order valence-corrected chi connectivity index (χ3v) is 2.65. The number of furan rings is 1. The van der Waals surface area contributed by atoms with Crippen molar-refractivity contribution in [2.24, 2.45) is 0 Å². The van der Waals surface area contributed by atoms with Crippen LogP contribution in [-0.2, 0) is 17.9 Å². The molecule has 0 bridgehead atoms. The van der Waals surface area contributed by atoms with E-state index in [1.165, 1.54) is 13.4 Å². The summed E-state index contributed by atoms with van der Waals surface area (Å²) in [6.45, 7) is 2.34. The second-order valence-electron chi connectivity index (χ2n) is 4.20. The first kappa shape index (κ1) is 15.7. The van der Waals surface area contributed by atoms with Crippen LogP contribution in [0.25, 0.3) is 0 Å². The van der Waals surface area contributed by atoms with Gasteiger partial charge < -0.3 is 19.2 Å². The molecule has 0 fully saturated rings. The van der Waals surface area contributed by atoms with E-state index >= 15 is 0 Å². The van der Waals surface area contributed by atoms with Crippen LogP contribution in [0.15, 0.2) is 22.8 Å². The van der Waals surface area contributed by atoms with Gasteiger partial charge in [-0.05, 0) is 19.1 Å². The van der Waals surface area contributed by atoms with Crippen LogP contribution in [0.3, 0.4) is 0 Å². The molecular weight excluding hydrogens is 292 g/mol. The minimum Gasteiger partial charge on any atom is -0.473 e. The predicted molar refractivity (Wildman–Crippen MR) is 76.6 cm³/mol. The number of anilines is 1. The minimum atomic E-state index is -0.577. The van der Waals surface area contributed by atoms with E-state index in [9.17, 15) is 10.1 Å². The Hall–Kier alpha value is -2.68. The molecule has 0 aromatic carbocycles. The number of methoxy groups -OCH3 is 1. The number of nitrogens with zero attached hydrogens (tertiary/aromatic N) is 3. The third-order valence-electron chi connectivity index (χ3n) is 2.65. The molecule has 9 nitrogen and oxygen atoms in total. The van der Waals surface area contributed by atoms with Crippen molar-refractivity contribution in [2.45, 2.75) is 20.1 Å². The summed E-state index contributed by atoms with van der Waals surface area (Å²) in [4.78, 5) is 18.9. The fourth-order valence-electron chi connectivity index (χ4n) is 1.78. The zero-order chi connectivity index (χ0) is 15.9. The average molecular weight is 308 g/mol. The summed E-state index contributed by atoms with van der Waals surface area (Å²) in [7, 11) is 1.49. The van der Waals surface area contributed by atoms with Crippen molar-refractivity contribution in [3.63, 3.8) is 0 Å². The Balaban J connectivity index is 2.35. The number of hydrogen-bond donors (Lipinski definition) is 1. The molecule has 0 amide bonds. The molecule has 1 N–H and O–H groups in total. The van der Waals surface area contributed by atoms with Crippen LogP contribution in [0.1, 0.15) is 18.5 Å². The average Bonchev–Trinajstić information content (AvgIpc) is 2.98. The van der Waals surface area contributed by atoms with Gasteiger partial charge in [0.1, 0.15) is 12.4 Å². The molecule has 2 rings (SSSR count). The molecule has 2 aromatic rings. The molecule has 22 heavy (non-hydrogen) atoms. The maximum absolute atomic E-state index is 11.3. The Morgan fingerprint density at radius 3 is 2.86 bits per heavy atom. The van der Waals surface area contributed by atoms with Crippen molar-refractivity contribution in [1.29, 1.82) is 0 Å². The Morgan fingerprint density at radius 2 is 2.27 bits per heavy atom. The Labute approximate surface area is 126 Å². The Kier molecular flexibility index (Phi) is 5.26. The van der Waals surface area contributed by atoms with E-state index in [0.29, 0.717) is 11.6 Å². The molecule has 0 saturated carbocycles. The second kappa shape index (κ2) is 7.36. The quantitative estimate of drug-likeness (QED) is 0.583.